The van der Waals surface area contributed by atoms with Gasteiger partial charge in [-0.25, -0.2) is 9.86 Å². The Kier molecular flexibility index (Phi) is 7.89. The lowest BCUT2D eigenvalue weighted by molar-refractivity contribution is -0.165. The van der Waals surface area contributed by atoms with Crippen molar-refractivity contribution in [2.45, 2.75) is 32.8 Å². The van der Waals surface area contributed by atoms with Crippen molar-refractivity contribution in [3.8, 4) is 0 Å². The summed E-state index contributed by atoms with van der Waals surface area (Å²) in [6.45, 7) is 2.61. The molecule has 0 atom stereocenters. The van der Waals surface area contributed by atoms with Gasteiger partial charge in [-0.3, -0.25) is 10.0 Å². The van der Waals surface area contributed by atoms with E-state index >= 15 is 0 Å². The minimum atomic E-state index is -0.579. The van der Waals surface area contributed by atoms with E-state index < -0.39 is 12.0 Å². The smallest absolute Gasteiger partial charge is 0.407 e. The van der Waals surface area contributed by atoms with Crippen LogP contribution in [0.15, 0.2) is 30.3 Å². The molecule has 0 bridgehead atoms. The van der Waals surface area contributed by atoms with E-state index in [4.69, 9.17) is 4.74 Å². The van der Waals surface area contributed by atoms with Gasteiger partial charge < -0.3 is 10.1 Å². The quantitative estimate of drug-likeness (QED) is 0.569. The van der Waals surface area contributed by atoms with E-state index in [1.165, 1.54) is 0 Å². The molecule has 0 fully saturated rings. The molecule has 0 saturated carbocycles. The maximum atomic E-state index is 11.5. The number of rotatable bonds is 8. The highest BCUT2D eigenvalue weighted by Crippen LogP contribution is 2.00. The fourth-order valence-corrected chi connectivity index (χ4v) is 1.61. The first-order chi connectivity index (χ1) is 10.1. The van der Waals surface area contributed by atoms with Gasteiger partial charge in [0.05, 0.1) is 0 Å². The van der Waals surface area contributed by atoms with Crippen molar-refractivity contribution in [2.75, 3.05) is 13.1 Å². The molecule has 0 heterocycles. The van der Waals surface area contributed by atoms with E-state index in [0.717, 1.165) is 18.4 Å². The van der Waals surface area contributed by atoms with Crippen LogP contribution in [0.25, 0.3) is 0 Å². The number of hydroxylamine groups is 2. The summed E-state index contributed by atoms with van der Waals surface area (Å²) in [4.78, 5) is 22.9. The maximum Gasteiger partial charge on any atom is 0.407 e. The third kappa shape index (κ3) is 7.31. The molecule has 2 amide bonds. The highest BCUT2D eigenvalue weighted by Gasteiger charge is 2.10. The maximum absolute atomic E-state index is 11.5. The Labute approximate surface area is 124 Å². The lowest BCUT2D eigenvalue weighted by Gasteiger charge is -2.14. The van der Waals surface area contributed by atoms with E-state index in [2.05, 4.69) is 5.32 Å². The zero-order valence-corrected chi connectivity index (χ0v) is 12.2. The fourth-order valence-electron chi connectivity index (χ4n) is 1.61. The summed E-state index contributed by atoms with van der Waals surface area (Å²) in [6.07, 6.45) is 1.11. The van der Waals surface area contributed by atoms with Crippen LogP contribution in [-0.4, -0.2) is 35.4 Å². The van der Waals surface area contributed by atoms with Crippen molar-refractivity contribution in [3.05, 3.63) is 35.9 Å². The third-order valence-corrected chi connectivity index (χ3v) is 2.83. The Balaban J connectivity index is 2.14. The summed E-state index contributed by atoms with van der Waals surface area (Å²) in [5.74, 6) is -0.410. The predicted molar refractivity (Wildman–Crippen MR) is 77.7 cm³/mol. The van der Waals surface area contributed by atoms with Gasteiger partial charge in [-0.05, 0) is 12.0 Å². The Morgan fingerprint density at radius 2 is 2.00 bits per heavy atom. The zero-order chi connectivity index (χ0) is 15.5. The number of benzene rings is 1. The fraction of sp³-hybridized carbons (Fsp3) is 0.467. The number of unbranched alkanes of at least 4 members (excludes halogenated alkanes) is 1. The zero-order valence-electron chi connectivity index (χ0n) is 12.2. The van der Waals surface area contributed by atoms with Crippen LogP contribution in [0.3, 0.4) is 0 Å². The van der Waals surface area contributed by atoms with Crippen LogP contribution in [0.1, 0.15) is 31.7 Å². The van der Waals surface area contributed by atoms with Gasteiger partial charge in [0.15, 0.2) is 0 Å². The SMILES string of the molecule is CCCCN(O)C(=O)CCNC(=O)OCc1ccccc1. The van der Waals surface area contributed by atoms with Crippen LogP contribution < -0.4 is 5.32 Å². The number of amides is 2. The molecule has 6 nitrogen and oxygen atoms in total. The molecule has 1 aromatic rings. The molecule has 0 aliphatic heterocycles. The number of carbonyl (C=O) groups excluding carboxylic acids is 2. The molecule has 0 aliphatic carbocycles. The molecule has 0 aliphatic rings. The average Bonchev–Trinajstić information content (AvgIpc) is 2.51. The number of alkyl carbamates (subject to hydrolysis) is 1. The largest absolute Gasteiger partial charge is 0.445 e. The molecule has 6 heteroatoms. The summed E-state index contributed by atoms with van der Waals surface area (Å²) >= 11 is 0. The molecule has 0 saturated heterocycles. The van der Waals surface area contributed by atoms with Gasteiger partial charge in [0.25, 0.3) is 0 Å². The number of hydrogen-bond acceptors (Lipinski definition) is 4. The molecule has 1 rings (SSSR count). The van der Waals surface area contributed by atoms with E-state index in [1.807, 2.05) is 37.3 Å². The number of nitrogens with one attached hydrogen (secondary N) is 1. The molecule has 0 radical (unpaired) electrons. The van der Waals surface area contributed by atoms with Gasteiger partial charge in [-0.15, -0.1) is 0 Å². The number of ether oxygens (including phenoxy) is 1. The molecule has 116 valence electrons. The van der Waals surface area contributed by atoms with Gasteiger partial charge in [-0.2, -0.15) is 0 Å². The predicted octanol–water partition coefficient (Wildman–Crippen LogP) is 2.32. The molecule has 0 unspecified atom stereocenters. The highest BCUT2D eigenvalue weighted by molar-refractivity contribution is 5.76. The monoisotopic (exact) mass is 294 g/mol. The molecule has 0 spiro atoms. The first-order valence-electron chi connectivity index (χ1n) is 7.07. The minimum Gasteiger partial charge on any atom is -0.445 e. The van der Waals surface area contributed by atoms with Crippen LogP contribution in [0.4, 0.5) is 4.79 Å². The van der Waals surface area contributed by atoms with Crippen molar-refractivity contribution >= 4 is 12.0 Å². The van der Waals surface area contributed by atoms with Crippen molar-refractivity contribution in [2.24, 2.45) is 0 Å². The lowest BCUT2D eigenvalue weighted by atomic mass is 10.2. The van der Waals surface area contributed by atoms with E-state index in [0.29, 0.717) is 11.6 Å². The van der Waals surface area contributed by atoms with Crippen LogP contribution in [0.5, 0.6) is 0 Å². The van der Waals surface area contributed by atoms with E-state index in [-0.39, 0.29) is 19.6 Å². The van der Waals surface area contributed by atoms with Gasteiger partial charge >= 0.3 is 6.09 Å². The molecular formula is C15H22N2O4. The van der Waals surface area contributed by atoms with Crippen LogP contribution in [0, 0.1) is 0 Å². The summed E-state index contributed by atoms with van der Waals surface area (Å²) in [6, 6.07) is 9.32. The Morgan fingerprint density at radius 3 is 2.67 bits per heavy atom. The summed E-state index contributed by atoms with van der Waals surface area (Å²) in [5.41, 5.74) is 0.893. The molecule has 0 aromatic heterocycles. The average molecular weight is 294 g/mol. The molecular weight excluding hydrogens is 272 g/mol. The minimum absolute atomic E-state index is 0.0423. The van der Waals surface area contributed by atoms with Crippen LogP contribution in [-0.2, 0) is 16.1 Å². The second kappa shape index (κ2) is 9.77. The second-order valence-electron chi connectivity index (χ2n) is 4.61. The summed E-state index contributed by atoms with van der Waals surface area (Å²) in [5, 5.41) is 12.6. The van der Waals surface area contributed by atoms with Crippen LogP contribution in [0.2, 0.25) is 0 Å². The van der Waals surface area contributed by atoms with Crippen molar-refractivity contribution in [1.82, 2.24) is 10.4 Å². The normalized spacial score (nSPS) is 10.0. The van der Waals surface area contributed by atoms with Gasteiger partial charge in [0, 0.05) is 19.5 Å². The number of carbonyl (C=O) groups is 2. The first-order valence-corrected chi connectivity index (χ1v) is 7.07. The topological polar surface area (TPSA) is 78.9 Å². The molecule has 1 aromatic carbocycles. The number of hydrogen-bond donors (Lipinski definition) is 2. The van der Waals surface area contributed by atoms with Crippen molar-refractivity contribution in [1.29, 1.82) is 0 Å². The molecule has 2 N–H and O–H groups in total. The first kappa shape index (κ1) is 17.0. The standard InChI is InChI=1S/C15H22N2O4/c1-2-3-11-17(20)14(18)9-10-16-15(19)21-12-13-7-5-4-6-8-13/h4-8,20H,2-3,9-12H2,1H3,(H,16,19). The van der Waals surface area contributed by atoms with Crippen LogP contribution >= 0.6 is 0 Å². The summed E-state index contributed by atoms with van der Waals surface area (Å²) in [7, 11) is 0. The second-order valence-corrected chi connectivity index (χ2v) is 4.61. The van der Waals surface area contributed by atoms with Crippen molar-refractivity contribution in [3.63, 3.8) is 0 Å². The van der Waals surface area contributed by atoms with Gasteiger partial charge in [-0.1, -0.05) is 43.7 Å². The Morgan fingerprint density at radius 1 is 1.29 bits per heavy atom. The van der Waals surface area contributed by atoms with Gasteiger partial charge in [0.1, 0.15) is 6.61 Å². The van der Waals surface area contributed by atoms with Gasteiger partial charge in [0.2, 0.25) is 5.91 Å². The lowest BCUT2D eigenvalue weighted by Crippen LogP contribution is -2.33. The Bertz CT molecular complexity index is 437. The Hall–Kier alpha value is -2.08. The third-order valence-electron chi connectivity index (χ3n) is 2.83. The highest BCUT2D eigenvalue weighted by atomic mass is 16.5. The summed E-state index contributed by atoms with van der Waals surface area (Å²) < 4.78 is 5.00. The van der Waals surface area contributed by atoms with E-state index in [9.17, 15) is 14.8 Å². The number of nitrogens with zero attached hydrogens (tertiary/aromatic N) is 1. The van der Waals surface area contributed by atoms with E-state index in [1.54, 1.807) is 0 Å². The van der Waals surface area contributed by atoms with Crippen molar-refractivity contribution < 1.29 is 19.5 Å². The molecule has 21 heavy (non-hydrogen) atoms.